The van der Waals surface area contributed by atoms with Crippen LogP contribution in [0.1, 0.15) is 72.1 Å². The zero-order valence-corrected chi connectivity index (χ0v) is 16.9. The van der Waals surface area contributed by atoms with Gasteiger partial charge in [0, 0.05) is 12.5 Å². The molecule has 0 aromatic heterocycles. The molecule has 1 aliphatic rings. The molecule has 1 rings (SSSR count). The fraction of sp³-hybridized carbons (Fsp3) is 0.565. The molecule has 4 nitrogen and oxygen atoms in total. The van der Waals surface area contributed by atoms with E-state index in [0.717, 1.165) is 36.5 Å². The predicted molar refractivity (Wildman–Crippen MR) is 109 cm³/mol. The van der Waals surface area contributed by atoms with Gasteiger partial charge in [0.2, 0.25) is 0 Å². The van der Waals surface area contributed by atoms with Gasteiger partial charge in [0.25, 0.3) is 0 Å². The summed E-state index contributed by atoms with van der Waals surface area (Å²) in [6, 6.07) is 0. The third-order valence-electron chi connectivity index (χ3n) is 5.10. The Morgan fingerprint density at radius 1 is 1.22 bits per heavy atom. The maximum absolute atomic E-state index is 12.1. The van der Waals surface area contributed by atoms with Gasteiger partial charge in [-0.05, 0) is 42.2 Å². The van der Waals surface area contributed by atoms with Crippen molar-refractivity contribution in [1.29, 1.82) is 0 Å². The molecule has 1 unspecified atom stereocenters. The van der Waals surface area contributed by atoms with Crippen molar-refractivity contribution in [1.82, 2.24) is 0 Å². The Kier molecular flexibility index (Phi) is 10.0. The molecule has 0 heterocycles. The van der Waals surface area contributed by atoms with Crippen molar-refractivity contribution in [2.24, 2.45) is 5.41 Å². The highest BCUT2D eigenvalue weighted by molar-refractivity contribution is 5.99. The molecule has 150 valence electrons. The van der Waals surface area contributed by atoms with Gasteiger partial charge in [-0.2, -0.15) is 0 Å². The van der Waals surface area contributed by atoms with E-state index in [1.165, 1.54) is 18.9 Å². The average Bonchev–Trinajstić information content (AvgIpc) is 2.95. The Labute approximate surface area is 163 Å². The molecule has 0 aliphatic heterocycles. The molecule has 2 N–H and O–H groups in total. The van der Waals surface area contributed by atoms with Crippen molar-refractivity contribution < 1.29 is 19.8 Å². The number of carboxylic acids is 1. The molecule has 0 saturated carbocycles. The van der Waals surface area contributed by atoms with Crippen molar-refractivity contribution in [2.45, 2.75) is 78.2 Å². The van der Waals surface area contributed by atoms with Gasteiger partial charge in [0.05, 0.1) is 6.10 Å². The summed E-state index contributed by atoms with van der Waals surface area (Å²) in [6.45, 7) is 6.34. The highest BCUT2D eigenvalue weighted by Gasteiger charge is 2.26. The number of aliphatic carboxylic acids is 1. The van der Waals surface area contributed by atoms with Crippen LogP contribution >= 0.6 is 0 Å². The normalized spacial score (nSPS) is 17.1. The average molecular weight is 375 g/mol. The van der Waals surface area contributed by atoms with E-state index in [-0.39, 0.29) is 11.2 Å². The minimum absolute atomic E-state index is 0.172. The van der Waals surface area contributed by atoms with Gasteiger partial charge in [0.15, 0.2) is 5.78 Å². The van der Waals surface area contributed by atoms with Crippen LogP contribution in [0.4, 0.5) is 0 Å². The zero-order valence-electron chi connectivity index (χ0n) is 16.9. The number of rotatable bonds is 12. The lowest BCUT2D eigenvalue weighted by Gasteiger charge is -2.28. The third-order valence-corrected chi connectivity index (χ3v) is 5.10. The first-order valence-electron chi connectivity index (χ1n) is 9.95. The van der Waals surface area contributed by atoms with Crippen molar-refractivity contribution >= 4 is 11.8 Å². The first kappa shape index (κ1) is 23.1. The summed E-state index contributed by atoms with van der Waals surface area (Å²) in [5.41, 5.74) is 1.70. The predicted octanol–water partition coefficient (Wildman–Crippen LogP) is 5.15. The number of carbonyl (C=O) groups excluding carboxylic acids is 1. The van der Waals surface area contributed by atoms with Crippen LogP contribution in [0.15, 0.2) is 47.6 Å². The smallest absolute Gasteiger partial charge is 0.328 e. The SMILES string of the molecule is CCCCCC(C)(C)C(O)/C=C/C1=C(CCC=C/C=C/C(=O)O)C(=O)CC1. The summed E-state index contributed by atoms with van der Waals surface area (Å²) in [5, 5.41) is 19.1. The summed E-state index contributed by atoms with van der Waals surface area (Å²) in [4.78, 5) is 22.5. The lowest BCUT2D eigenvalue weighted by Crippen LogP contribution is -2.27. The molecule has 0 aromatic carbocycles. The Hall–Kier alpha value is -1.94. The zero-order chi connectivity index (χ0) is 20.3. The molecule has 0 amide bonds. The van der Waals surface area contributed by atoms with Crippen LogP contribution in [-0.2, 0) is 9.59 Å². The van der Waals surface area contributed by atoms with Crippen molar-refractivity contribution in [2.75, 3.05) is 0 Å². The Morgan fingerprint density at radius 3 is 2.63 bits per heavy atom. The van der Waals surface area contributed by atoms with Gasteiger partial charge < -0.3 is 10.2 Å². The maximum Gasteiger partial charge on any atom is 0.328 e. The number of aliphatic hydroxyl groups is 1. The van der Waals surface area contributed by atoms with Crippen LogP contribution in [0.2, 0.25) is 0 Å². The van der Waals surface area contributed by atoms with Crippen LogP contribution in [0.3, 0.4) is 0 Å². The second kappa shape index (κ2) is 11.7. The summed E-state index contributed by atoms with van der Waals surface area (Å²) >= 11 is 0. The Bertz CT molecular complexity index is 620. The second-order valence-electron chi connectivity index (χ2n) is 7.84. The highest BCUT2D eigenvalue weighted by Crippen LogP contribution is 2.31. The summed E-state index contributed by atoms with van der Waals surface area (Å²) in [5.74, 6) is -0.794. The van der Waals surface area contributed by atoms with Gasteiger partial charge in [-0.15, -0.1) is 0 Å². The fourth-order valence-electron chi connectivity index (χ4n) is 3.20. The number of hydrogen-bond donors (Lipinski definition) is 2. The number of aliphatic hydroxyl groups excluding tert-OH is 1. The summed E-state index contributed by atoms with van der Waals surface area (Å²) in [6.07, 6.45) is 16.4. The van der Waals surface area contributed by atoms with Crippen molar-refractivity contribution in [3.05, 3.63) is 47.6 Å². The Morgan fingerprint density at radius 2 is 1.96 bits per heavy atom. The van der Waals surface area contributed by atoms with Crippen LogP contribution in [-0.4, -0.2) is 28.1 Å². The first-order chi connectivity index (χ1) is 12.8. The Balaban J connectivity index is 2.67. The van der Waals surface area contributed by atoms with Gasteiger partial charge in [-0.1, -0.05) is 70.4 Å². The van der Waals surface area contributed by atoms with E-state index in [4.69, 9.17) is 5.11 Å². The molecule has 4 heteroatoms. The van der Waals surface area contributed by atoms with Crippen molar-refractivity contribution in [3.8, 4) is 0 Å². The first-order valence-corrected chi connectivity index (χ1v) is 9.95. The molecule has 0 spiro atoms. The lowest BCUT2D eigenvalue weighted by atomic mass is 9.81. The van der Waals surface area contributed by atoms with Crippen molar-refractivity contribution in [3.63, 3.8) is 0 Å². The lowest BCUT2D eigenvalue weighted by molar-refractivity contribution is -0.131. The summed E-state index contributed by atoms with van der Waals surface area (Å²) < 4.78 is 0. The van der Waals surface area contributed by atoms with Crippen LogP contribution < -0.4 is 0 Å². The number of carboxylic acid groups (broad SMARTS) is 1. The van der Waals surface area contributed by atoms with E-state index < -0.39 is 12.1 Å². The number of unbranched alkanes of at least 4 members (excludes halogenated alkanes) is 2. The molecule has 27 heavy (non-hydrogen) atoms. The largest absolute Gasteiger partial charge is 0.478 e. The van der Waals surface area contributed by atoms with E-state index >= 15 is 0 Å². The number of allylic oxidation sites excluding steroid dienone is 6. The minimum atomic E-state index is -0.975. The highest BCUT2D eigenvalue weighted by atomic mass is 16.4. The molecule has 0 radical (unpaired) electrons. The molecule has 0 bridgehead atoms. The van der Waals surface area contributed by atoms with Crippen LogP contribution in [0.25, 0.3) is 0 Å². The number of hydrogen-bond acceptors (Lipinski definition) is 3. The third kappa shape index (κ3) is 8.53. The van der Waals surface area contributed by atoms with Crippen LogP contribution in [0, 0.1) is 5.41 Å². The van der Waals surface area contributed by atoms with Gasteiger partial charge >= 0.3 is 5.97 Å². The molecule has 0 aromatic rings. The summed E-state index contributed by atoms with van der Waals surface area (Å²) in [7, 11) is 0. The molecular weight excluding hydrogens is 340 g/mol. The van der Waals surface area contributed by atoms with Gasteiger partial charge in [0.1, 0.15) is 0 Å². The number of Topliss-reactive ketones (excluding diaryl/α,β-unsaturated/α-hetero) is 1. The standard InChI is InChI=1S/C23H34O4/c1-4-5-10-17-23(2,3)21(25)16-14-18-13-15-20(24)19(18)11-8-6-7-9-12-22(26)27/h6-7,9,12,14,16,21,25H,4-5,8,10-11,13,15,17H2,1-3H3,(H,26,27)/b7-6?,12-9+,16-14+. The molecule has 1 atom stereocenters. The molecule has 1 aliphatic carbocycles. The topological polar surface area (TPSA) is 74.6 Å². The second-order valence-corrected chi connectivity index (χ2v) is 7.84. The van der Waals surface area contributed by atoms with E-state index in [0.29, 0.717) is 19.3 Å². The number of carbonyl (C=O) groups is 2. The molecule has 0 saturated heterocycles. The fourth-order valence-corrected chi connectivity index (χ4v) is 3.20. The van der Waals surface area contributed by atoms with E-state index in [2.05, 4.69) is 20.8 Å². The quantitative estimate of drug-likeness (QED) is 0.281. The number of ketones is 1. The van der Waals surface area contributed by atoms with E-state index in [9.17, 15) is 14.7 Å². The molecular formula is C23H34O4. The monoisotopic (exact) mass is 374 g/mol. The van der Waals surface area contributed by atoms with Gasteiger partial charge in [-0.25, -0.2) is 4.79 Å². The van der Waals surface area contributed by atoms with Gasteiger partial charge in [-0.3, -0.25) is 4.79 Å². The maximum atomic E-state index is 12.1. The van der Waals surface area contributed by atoms with Crippen LogP contribution in [0.5, 0.6) is 0 Å². The molecule has 0 fully saturated rings. The van der Waals surface area contributed by atoms with E-state index in [1.807, 2.05) is 18.2 Å². The van der Waals surface area contributed by atoms with E-state index in [1.54, 1.807) is 6.08 Å². The minimum Gasteiger partial charge on any atom is -0.478 e.